The number of rotatable bonds is 4. The summed E-state index contributed by atoms with van der Waals surface area (Å²) in [5.41, 5.74) is 8.15. The fourth-order valence-electron chi connectivity index (χ4n) is 3.30. The Labute approximate surface area is 184 Å². The van der Waals surface area contributed by atoms with E-state index in [0.717, 1.165) is 23.9 Å². The lowest BCUT2D eigenvalue weighted by atomic mass is 10.0. The summed E-state index contributed by atoms with van der Waals surface area (Å²) in [5.74, 6) is 0.00945. The number of halogens is 3. The zero-order valence-electron chi connectivity index (χ0n) is 16.8. The minimum absolute atomic E-state index is 0.129. The Hall–Kier alpha value is -4.66. The number of aromatic nitrogens is 4. The van der Waals surface area contributed by atoms with E-state index in [9.17, 15) is 18.0 Å². The number of fused-ring (bicyclic) bond motifs is 1. The summed E-state index contributed by atoms with van der Waals surface area (Å²) in [4.78, 5) is 19.9. The number of nitrogens with zero attached hydrogens (tertiary/aromatic N) is 5. The Morgan fingerprint density at radius 1 is 1.15 bits per heavy atom. The van der Waals surface area contributed by atoms with Gasteiger partial charge < -0.3 is 11.1 Å². The number of pyridine rings is 1. The molecule has 0 aliphatic rings. The minimum Gasteiger partial charge on any atom is -0.382 e. The van der Waals surface area contributed by atoms with Gasteiger partial charge in [-0.25, -0.2) is 19.3 Å². The lowest BCUT2D eigenvalue weighted by Crippen LogP contribution is -2.20. The molecule has 9 nitrogen and oxygen atoms in total. The van der Waals surface area contributed by atoms with Crippen molar-refractivity contribution >= 4 is 28.9 Å². The number of alkyl halides is 3. The number of carbonyl (C=O) groups is 1. The van der Waals surface area contributed by atoms with Gasteiger partial charge >= 0.3 is 12.2 Å². The van der Waals surface area contributed by atoms with Crippen LogP contribution in [0.2, 0.25) is 0 Å². The van der Waals surface area contributed by atoms with Crippen molar-refractivity contribution in [2.24, 2.45) is 0 Å². The van der Waals surface area contributed by atoms with Crippen molar-refractivity contribution < 1.29 is 18.0 Å². The highest BCUT2D eigenvalue weighted by Crippen LogP contribution is 2.33. The summed E-state index contributed by atoms with van der Waals surface area (Å²) in [6, 6.07) is 9.53. The maximum Gasteiger partial charge on any atom is 0.416 e. The van der Waals surface area contributed by atoms with Crippen LogP contribution in [0.4, 0.5) is 35.3 Å². The molecule has 0 unspecified atom stereocenters. The number of nitrogens with two attached hydrogens (primary N) is 1. The molecule has 0 radical (unpaired) electrons. The highest BCUT2D eigenvalue weighted by molar-refractivity contribution is 5.99. The van der Waals surface area contributed by atoms with E-state index in [1.54, 1.807) is 35.0 Å². The monoisotopic (exact) mass is 452 g/mol. The second kappa shape index (κ2) is 8.46. The van der Waals surface area contributed by atoms with Crippen molar-refractivity contribution in [3.05, 3.63) is 66.2 Å². The predicted molar refractivity (Wildman–Crippen MR) is 114 cm³/mol. The average molecular weight is 452 g/mol. The molecule has 12 heteroatoms. The van der Waals surface area contributed by atoms with Crippen molar-refractivity contribution in [3.63, 3.8) is 0 Å². The zero-order valence-corrected chi connectivity index (χ0v) is 16.8. The number of nitrogens with one attached hydrogen (secondary N) is 2. The molecule has 0 bridgehead atoms. The summed E-state index contributed by atoms with van der Waals surface area (Å²) < 4.78 is 40.0. The topological polar surface area (TPSA) is 134 Å². The molecule has 3 aromatic heterocycles. The quantitative estimate of drug-likeness (QED) is 0.427. The van der Waals surface area contributed by atoms with E-state index in [2.05, 4.69) is 31.8 Å². The van der Waals surface area contributed by atoms with Crippen LogP contribution in [0, 0.1) is 11.3 Å². The highest BCUT2D eigenvalue weighted by Gasteiger charge is 2.30. The summed E-state index contributed by atoms with van der Waals surface area (Å²) >= 11 is 0. The number of benzene rings is 1. The van der Waals surface area contributed by atoms with Crippen LogP contribution in [0.1, 0.15) is 11.1 Å². The molecule has 4 aromatic rings. The Kier molecular flexibility index (Phi) is 5.53. The van der Waals surface area contributed by atoms with E-state index in [0.29, 0.717) is 22.3 Å². The third-order valence-corrected chi connectivity index (χ3v) is 4.71. The van der Waals surface area contributed by atoms with Gasteiger partial charge in [-0.3, -0.25) is 5.32 Å². The van der Waals surface area contributed by atoms with E-state index in [-0.39, 0.29) is 18.1 Å². The first-order valence-electron chi connectivity index (χ1n) is 9.45. The standard InChI is InChI=1S/C21H15F3N8O/c22-21(23,24)14-6-8-27-16(9-14)31-20(33)30-15-3-1-12(2-4-15)17-13(5-7-25)10-32-18(17)19(26)28-11-29-32/h1-4,6,8-11H,5H2,(H2,26,28,29)(H2,27,30,31,33). The molecule has 0 saturated carbocycles. The molecule has 33 heavy (non-hydrogen) atoms. The van der Waals surface area contributed by atoms with Gasteiger partial charge in [0.05, 0.1) is 18.1 Å². The van der Waals surface area contributed by atoms with Crippen LogP contribution in [0.15, 0.2) is 55.1 Å². The van der Waals surface area contributed by atoms with Crippen molar-refractivity contribution in [1.29, 1.82) is 5.26 Å². The summed E-state index contributed by atoms with van der Waals surface area (Å²) in [6.45, 7) is 0. The highest BCUT2D eigenvalue weighted by atomic mass is 19.4. The molecule has 4 N–H and O–H groups in total. The predicted octanol–water partition coefficient (Wildman–Crippen LogP) is 4.10. The Balaban J connectivity index is 1.55. The SMILES string of the molecule is N#CCc1cn2ncnc(N)c2c1-c1ccc(NC(=O)Nc2cc(C(F)(F)F)ccn2)cc1. The molecular weight excluding hydrogens is 437 g/mol. The summed E-state index contributed by atoms with van der Waals surface area (Å²) in [6.07, 6.45) is -0.442. The van der Waals surface area contributed by atoms with Gasteiger partial charge in [0.1, 0.15) is 17.7 Å². The Bertz CT molecular complexity index is 1370. The van der Waals surface area contributed by atoms with Crippen LogP contribution in [0.25, 0.3) is 16.6 Å². The number of nitriles is 1. The minimum atomic E-state index is -4.55. The van der Waals surface area contributed by atoms with Crippen LogP contribution in [0.5, 0.6) is 0 Å². The first-order chi connectivity index (χ1) is 15.8. The van der Waals surface area contributed by atoms with E-state index < -0.39 is 17.8 Å². The van der Waals surface area contributed by atoms with Gasteiger partial charge in [-0.05, 0) is 35.4 Å². The number of anilines is 3. The lowest BCUT2D eigenvalue weighted by molar-refractivity contribution is -0.137. The second-order valence-electron chi connectivity index (χ2n) is 6.89. The third-order valence-electron chi connectivity index (χ3n) is 4.71. The van der Waals surface area contributed by atoms with E-state index in [4.69, 9.17) is 11.0 Å². The summed E-state index contributed by atoms with van der Waals surface area (Å²) in [7, 11) is 0. The van der Waals surface area contributed by atoms with Crippen molar-refractivity contribution in [2.45, 2.75) is 12.6 Å². The third kappa shape index (κ3) is 4.52. The van der Waals surface area contributed by atoms with Gasteiger partial charge in [-0.2, -0.15) is 23.5 Å². The van der Waals surface area contributed by atoms with E-state index >= 15 is 0 Å². The normalized spacial score (nSPS) is 11.2. The number of urea groups is 1. The van der Waals surface area contributed by atoms with Crippen LogP contribution in [-0.2, 0) is 12.6 Å². The Morgan fingerprint density at radius 3 is 2.61 bits per heavy atom. The van der Waals surface area contributed by atoms with Gasteiger partial charge in [0.25, 0.3) is 0 Å². The molecule has 0 aliphatic heterocycles. The van der Waals surface area contributed by atoms with E-state index in [1.165, 1.54) is 6.33 Å². The van der Waals surface area contributed by atoms with Crippen LogP contribution >= 0.6 is 0 Å². The summed E-state index contributed by atoms with van der Waals surface area (Å²) in [5, 5.41) is 18.1. The first kappa shape index (κ1) is 21.6. The molecule has 1 aromatic carbocycles. The molecule has 2 amide bonds. The smallest absolute Gasteiger partial charge is 0.382 e. The number of hydrogen-bond donors (Lipinski definition) is 3. The molecule has 0 atom stereocenters. The largest absolute Gasteiger partial charge is 0.416 e. The average Bonchev–Trinajstić information content (AvgIpc) is 3.13. The maximum atomic E-state index is 12.8. The molecule has 166 valence electrons. The van der Waals surface area contributed by atoms with Gasteiger partial charge in [0.2, 0.25) is 0 Å². The van der Waals surface area contributed by atoms with Gasteiger partial charge in [-0.15, -0.1) is 0 Å². The van der Waals surface area contributed by atoms with Crippen molar-refractivity contribution in [1.82, 2.24) is 19.6 Å². The molecule has 3 heterocycles. The van der Waals surface area contributed by atoms with Crippen LogP contribution in [0.3, 0.4) is 0 Å². The van der Waals surface area contributed by atoms with E-state index in [1.807, 2.05) is 0 Å². The number of nitrogen functional groups attached to an aromatic ring is 1. The second-order valence-corrected chi connectivity index (χ2v) is 6.89. The fraction of sp³-hybridized carbons (Fsp3) is 0.0952. The molecule has 0 saturated heterocycles. The number of hydrogen-bond acceptors (Lipinski definition) is 6. The van der Waals surface area contributed by atoms with Crippen molar-refractivity contribution in [2.75, 3.05) is 16.4 Å². The lowest BCUT2D eigenvalue weighted by Gasteiger charge is -2.10. The molecule has 0 aliphatic carbocycles. The maximum absolute atomic E-state index is 12.8. The number of carbonyl (C=O) groups excluding carboxylic acids is 1. The zero-order chi connectivity index (χ0) is 23.6. The van der Waals surface area contributed by atoms with Crippen LogP contribution in [-0.4, -0.2) is 25.6 Å². The van der Waals surface area contributed by atoms with Gasteiger partial charge in [0.15, 0.2) is 5.82 Å². The molecular formula is C21H15F3N8O. The van der Waals surface area contributed by atoms with Crippen molar-refractivity contribution in [3.8, 4) is 17.2 Å². The fourth-order valence-corrected chi connectivity index (χ4v) is 3.30. The van der Waals surface area contributed by atoms with Gasteiger partial charge in [0, 0.05) is 23.6 Å². The molecule has 4 rings (SSSR count). The molecule has 0 spiro atoms. The number of amides is 2. The van der Waals surface area contributed by atoms with Crippen LogP contribution < -0.4 is 16.4 Å². The van der Waals surface area contributed by atoms with Gasteiger partial charge in [-0.1, -0.05) is 12.1 Å². The first-order valence-corrected chi connectivity index (χ1v) is 9.45. The molecule has 0 fully saturated rings. The Morgan fingerprint density at radius 2 is 1.91 bits per heavy atom.